The normalized spacial score (nSPS) is 15.3. The fourth-order valence-corrected chi connectivity index (χ4v) is 6.42. The van der Waals surface area contributed by atoms with E-state index in [4.69, 9.17) is 16.3 Å². The van der Waals surface area contributed by atoms with Gasteiger partial charge in [0.1, 0.15) is 5.75 Å². The van der Waals surface area contributed by atoms with Crippen LogP contribution in [-0.4, -0.2) is 44.3 Å². The number of ether oxygens (including phenoxy) is 1. The highest BCUT2D eigenvalue weighted by Gasteiger charge is 2.22. The molecule has 0 atom stereocenters. The Morgan fingerprint density at radius 1 is 1.11 bits per heavy atom. The highest BCUT2D eigenvalue weighted by atomic mass is 35.5. The van der Waals surface area contributed by atoms with Gasteiger partial charge in [-0.3, -0.25) is 0 Å². The summed E-state index contributed by atoms with van der Waals surface area (Å²) in [6.07, 6.45) is 0. The first-order valence-corrected chi connectivity index (χ1v) is 12.0. The van der Waals surface area contributed by atoms with E-state index in [1.54, 1.807) is 12.1 Å². The monoisotopic (exact) mass is 443 g/mol. The standard InChI is InChI=1S/C18H18ClNO4S3/c1-20(2)27(22,23)14-7-8-16(19)15(11-14)17(21)24-13-5-3-12(4-6-13)18-25-9-10-26-18/h3-8,11,18H,9-10H2,1-2H3. The molecule has 0 bridgehead atoms. The van der Waals surface area contributed by atoms with Gasteiger partial charge >= 0.3 is 5.97 Å². The molecule has 27 heavy (non-hydrogen) atoms. The van der Waals surface area contributed by atoms with Crippen molar-refractivity contribution in [1.29, 1.82) is 0 Å². The molecule has 0 spiro atoms. The van der Waals surface area contributed by atoms with Gasteiger partial charge in [-0.15, -0.1) is 23.5 Å². The first-order valence-electron chi connectivity index (χ1n) is 8.06. The van der Waals surface area contributed by atoms with Crippen LogP contribution in [0.5, 0.6) is 5.75 Å². The van der Waals surface area contributed by atoms with Crippen molar-refractivity contribution in [2.24, 2.45) is 0 Å². The lowest BCUT2D eigenvalue weighted by atomic mass is 10.2. The van der Waals surface area contributed by atoms with Gasteiger partial charge in [0, 0.05) is 25.6 Å². The maximum absolute atomic E-state index is 12.5. The third-order valence-electron chi connectivity index (χ3n) is 3.92. The maximum atomic E-state index is 12.5. The highest BCUT2D eigenvalue weighted by molar-refractivity contribution is 8.19. The largest absolute Gasteiger partial charge is 0.423 e. The first-order chi connectivity index (χ1) is 12.8. The second-order valence-corrected chi connectivity index (χ2v) is 11.2. The van der Waals surface area contributed by atoms with Crippen molar-refractivity contribution >= 4 is 51.1 Å². The molecule has 0 unspecified atom stereocenters. The van der Waals surface area contributed by atoms with Crippen molar-refractivity contribution in [3.05, 3.63) is 58.6 Å². The fraction of sp³-hybridized carbons (Fsp3) is 0.278. The predicted octanol–water partition coefficient (Wildman–Crippen LogP) is 4.29. The van der Waals surface area contributed by atoms with Gasteiger partial charge in [0.2, 0.25) is 10.0 Å². The van der Waals surface area contributed by atoms with Crippen LogP contribution in [0.3, 0.4) is 0 Å². The molecular formula is C18H18ClNO4S3. The number of benzene rings is 2. The fourth-order valence-electron chi connectivity index (χ4n) is 2.44. The second kappa shape index (κ2) is 8.45. The van der Waals surface area contributed by atoms with Crippen LogP contribution in [-0.2, 0) is 10.0 Å². The van der Waals surface area contributed by atoms with Crippen molar-refractivity contribution in [3.63, 3.8) is 0 Å². The molecule has 0 amide bonds. The van der Waals surface area contributed by atoms with Gasteiger partial charge in [0.05, 0.1) is 20.1 Å². The highest BCUT2D eigenvalue weighted by Crippen LogP contribution is 2.45. The Bertz CT molecular complexity index is 940. The molecule has 0 radical (unpaired) electrons. The number of thioether (sulfide) groups is 2. The number of carbonyl (C=O) groups excluding carboxylic acids is 1. The Balaban J connectivity index is 1.79. The SMILES string of the molecule is CN(C)S(=O)(=O)c1ccc(Cl)c(C(=O)Oc2ccc(C3SCCS3)cc2)c1. The van der Waals surface area contributed by atoms with Crippen LogP contribution in [0.1, 0.15) is 20.5 Å². The Kier molecular flexibility index (Phi) is 6.43. The van der Waals surface area contributed by atoms with E-state index in [9.17, 15) is 13.2 Å². The van der Waals surface area contributed by atoms with Crippen LogP contribution in [0.4, 0.5) is 0 Å². The molecule has 0 aromatic heterocycles. The quantitative estimate of drug-likeness (QED) is 0.507. The minimum atomic E-state index is -3.68. The van der Waals surface area contributed by atoms with E-state index < -0.39 is 16.0 Å². The van der Waals surface area contributed by atoms with Gasteiger partial charge in [-0.1, -0.05) is 23.7 Å². The summed E-state index contributed by atoms with van der Waals surface area (Å²) in [5.74, 6) is 1.95. The average Bonchev–Trinajstić information content (AvgIpc) is 3.17. The Morgan fingerprint density at radius 3 is 2.33 bits per heavy atom. The molecule has 2 aromatic carbocycles. The Hall–Kier alpha value is -1.19. The van der Waals surface area contributed by atoms with Crippen molar-refractivity contribution < 1.29 is 17.9 Å². The molecular weight excluding hydrogens is 426 g/mol. The third kappa shape index (κ3) is 4.63. The zero-order chi connectivity index (χ0) is 19.6. The minimum Gasteiger partial charge on any atom is -0.423 e. The molecule has 1 aliphatic heterocycles. The second-order valence-electron chi connectivity index (χ2n) is 5.96. The number of hydrogen-bond acceptors (Lipinski definition) is 6. The van der Waals surface area contributed by atoms with Gasteiger partial charge in [-0.05, 0) is 35.9 Å². The average molecular weight is 444 g/mol. The van der Waals surface area contributed by atoms with E-state index in [2.05, 4.69) is 0 Å². The lowest BCUT2D eigenvalue weighted by Gasteiger charge is -2.13. The van der Waals surface area contributed by atoms with Gasteiger partial charge in [-0.25, -0.2) is 17.5 Å². The molecule has 0 aliphatic carbocycles. The summed E-state index contributed by atoms with van der Waals surface area (Å²) in [4.78, 5) is 12.5. The molecule has 2 aromatic rings. The molecule has 9 heteroatoms. The molecule has 1 heterocycles. The van der Waals surface area contributed by atoms with E-state index in [1.807, 2.05) is 35.7 Å². The summed E-state index contributed by atoms with van der Waals surface area (Å²) in [6.45, 7) is 0. The molecule has 1 saturated heterocycles. The molecule has 0 N–H and O–H groups in total. The van der Waals surface area contributed by atoms with Crippen LogP contribution in [0.15, 0.2) is 47.4 Å². The van der Waals surface area contributed by atoms with E-state index in [0.29, 0.717) is 10.3 Å². The lowest BCUT2D eigenvalue weighted by molar-refractivity contribution is 0.0734. The Morgan fingerprint density at radius 2 is 1.74 bits per heavy atom. The minimum absolute atomic E-state index is 0.00516. The summed E-state index contributed by atoms with van der Waals surface area (Å²) in [5, 5.41) is 0.132. The number of sulfonamides is 1. The van der Waals surface area contributed by atoms with Crippen LogP contribution < -0.4 is 4.74 Å². The molecule has 5 nitrogen and oxygen atoms in total. The Labute approximate surface area is 172 Å². The van der Waals surface area contributed by atoms with Crippen LogP contribution >= 0.6 is 35.1 Å². The zero-order valence-corrected chi connectivity index (χ0v) is 17.9. The smallest absolute Gasteiger partial charge is 0.345 e. The summed E-state index contributed by atoms with van der Waals surface area (Å²) in [5.41, 5.74) is 1.19. The number of nitrogens with zero attached hydrogens (tertiary/aromatic N) is 1. The van der Waals surface area contributed by atoms with Crippen LogP contribution in [0.2, 0.25) is 5.02 Å². The molecule has 1 fully saturated rings. The lowest BCUT2D eigenvalue weighted by Crippen LogP contribution is -2.22. The summed E-state index contributed by atoms with van der Waals surface area (Å²) >= 11 is 9.88. The van der Waals surface area contributed by atoms with Crippen LogP contribution in [0, 0.1) is 0 Å². The predicted molar refractivity (Wildman–Crippen MR) is 111 cm³/mol. The number of rotatable bonds is 5. The number of esters is 1. The zero-order valence-electron chi connectivity index (χ0n) is 14.7. The van der Waals surface area contributed by atoms with Gasteiger partial charge in [-0.2, -0.15) is 0 Å². The van der Waals surface area contributed by atoms with Crippen molar-refractivity contribution in [3.8, 4) is 5.75 Å². The maximum Gasteiger partial charge on any atom is 0.345 e. The molecule has 144 valence electrons. The van der Waals surface area contributed by atoms with Crippen molar-refractivity contribution in [1.82, 2.24) is 4.31 Å². The summed E-state index contributed by atoms with van der Waals surface area (Å²) < 4.78 is 31.4. The van der Waals surface area contributed by atoms with Gasteiger partial charge in [0.15, 0.2) is 0 Å². The van der Waals surface area contributed by atoms with E-state index in [-0.39, 0.29) is 15.5 Å². The van der Waals surface area contributed by atoms with Crippen molar-refractivity contribution in [2.45, 2.75) is 9.48 Å². The molecule has 3 rings (SSSR count). The van der Waals surface area contributed by atoms with Crippen LogP contribution in [0.25, 0.3) is 0 Å². The number of halogens is 1. The first kappa shape index (κ1) is 20.5. The number of carbonyl (C=O) groups is 1. The third-order valence-corrected chi connectivity index (χ3v) is 9.17. The topological polar surface area (TPSA) is 63.7 Å². The van der Waals surface area contributed by atoms with Gasteiger partial charge < -0.3 is 4.74 Å². The summed E-state index contributed by atoms with van der Waals surface area (Å²) in [7, 11) is -0.833. The van der Waals surface area contributed by atoms with Gasteiger partial charge in [0.25, 0.3) is 0 Å². The van der Waals surface area contributed by atoms with E-state index in [1.165, 1.54) is 37.9 Å². The summed E-state index contributed by atoms with van der Waals surface area (Å²) in [6, 6.07) is 11.3. The number of hydrogen-bond donors (Lipinski definition) is 0. The van der Waals surface area contributed by atoms with Crippen molar-refractivity contribution in [2.75, 3.05) is 25.6 Å². The molecule has 0 saturated carbocycles. The molecule has 1 aliphatic rings. The van der Waals surface area contributed by atoms with E-state index >= 15 is 0 Å². The van der Waals surface area contributed by atoms with E-state index in [0.717, 1.165) is 15.8 Å².